The van der Waals surface area contributed by atoms with Crippen LogP contribution in [0, 0.1) is 11.6 Å². The number of aliphatic hydroxyl groups excluding tert-OH is 1. The standard InChI is InChI=1S/C11H11FO3.C11H11FO2/c1-3-7-5-4-6-8(12)9(7)10(13)11(14)15-2;1-3-8-5-4-6-10(12)9(8)7-11(13)14-2/h3-6,10,13H,1H2,2H3;3-6H,1,7H2,2H3. The number of halogens is 2. The van der Waals surface area contributed by atoms with Crippen LogP contribution in [-0.4, -0.2) is 31.3 Å². The van der Waals surface area contributed by atoms with Gasteiger partial charge in [-0.1, -0.05) is 49.6 Å². The van der Waals surface area contributed by atoms with Crippen LogP contribution in [0.5, 0.6) is 0 Å². The third-order valence-corrected chi connectivity index (χ3v) is 3.93. The first-order valence-electron chi connectivity index (χ1n) is 8.44. The second-order valence-corrected chi connectivity index (χ2v) is 5.64. The van der Waals surface area contributed by atoms with E-state index in [1.807, 2.05) is 0 Å². The maximum atomic E-state index is 13.4. The Kier molecular flexibility index (Phi) is 9.41. The fourth-order valence-electron chi connectivity index (χ4n) is 2.42. The minimum absolute atomic E-state index is 0.0650. The fraction of sp³-hybridized carbons (Fsp3) is 0.182. The van der Waals surface area contributed by atoms with E-state index < -0.39 is 29.7 Å². The van der Waals surface area contributed by atoms with Gasteiger partial charge in [0.15, 0.2) is 6.10 Å². The molecule has 0 aliphatic rings. The van der Waals surface area contributed by atoms with E-state index in [4.69, 9.17) is 0 Å². The molecule has 5 nitrogen and oxygen atoms in total. The number of methoxy groups -OCH3 is 2. The highest BCUT2D eigenvalue weighted by atomic mass is 19.1. The van der Waals surface area contributed by atoms with Crippen molar-refractivity contribution in [3.05, 3.63) is 83.4 Å². The van der Waals surface area contributed by atoms with Crippen LogP contribution in [0.25, 0.3) is 12.2 Å². The van der Waals surface area contributed by atoms with Gasteiger partial charge in [0.25, 0.3) is 0 Å². The van der Waals surface area contributed by atoms with E-state index in [1.54, 1.807) is 18.2 Å². The summed E-state index contributed by atoms with van der Waals surface area (Å²) in [5.74, 6) is -2.43. The summed E-state index contributed by atoms with van der Waals surface area (Å²) in [4.78, 5) is 22.0. The number of ether oxygens (including phenoxy) is 2. The SMILES string of the molecule is C=Cc1cccc(F)c1C(O)C(=O)OC.C=Cc1cccc(F)c1CC(=O)OC. The monoisotopic (exact) mass is 404 g/mol. The Morgan fingerprint density at radius 3 is 2.07 bits per heavy atom. The summed E-state index contributed by atoms with van der Waals surface area (Å²) in [7, 11) is 2.40. The number of hydrogen-bond donors (Lipinski definition) is 1. The van der Waals surface area contributed by atoms with Crippen molar-refractivity contribution in [2.24, 2.45) is 0 Å². The van der Waals surface area contributed by atoms with Crippen LogP contribution in [0.15, 0.2) is 49.6 Å². The van der Waals surface area contributed by atoms with Gasteiger partial charge in [-0.3, -0.25) is 4.79 Å². The van der Waals surface area contributed by atoms with Crippen LogP contribution in [0.2, 0.25) is 0 Å². The molecule has 7 heteroatoms. The highest BCUT2D eigenvalue weighted by Gasteiger charge is 2.23. The molecule has 0 spiro atoms. The molecule has 1 N–H and O–H groups in total. The molecular weight excluding hydrogens is 382 g/mol. The zero-order chi connectivity index (χ0) is 22.0. The maximum Gasteiger partial charge on any atom is 0.339 e. The number of carbonyl (C=O) groups is 2. The first-order valence-corrected chi connectivity index (χ1v) is 8.44. The number of carbonyl (C=O) groups excluding carboxylic acids is 2. The van der Waals surface area contributed by atoms with Crippen LogP contribution in [0.4, 0.5) is 8.78 Å². The van der Waals surface area contributed by atoms with Gasteiger partial charge in [-0.15, -0.1) is 0 Å². The van der Waals surface area contributed by atoms with Crippen LogP contribution >= 0.6 is 0 Å². The highest BCUT2D eigenvalue weighted by Crippen LogP contribution is 2.23. The summed E-state index contributed by atoms with van der Waals surface area (Å²) in [6.07, 6.45) is 1.19. The first kappa shape index (κ1) is 23.7. The molecule has 2 aromatic carbocycles. The molecule has 2 aromatic rings. The Balaban J connectivity index is 0.000000291. The van der Waals surface area contributed by atoms with E-state index in [0.717, 1.165) is 13.2 Å². The molecule has 0 fully saturated rings. The van der Waals surface area contributed by atoms with Crippen molar-refractivity contribution in [2.45, 2.75) is 12.5 Å². The van der Waals surface area contributed by atoms with Gasteiger partial charge in [0.1, 0.15) is 11.6 Å². The molecule has 0 bridgehead atoms. The number of aliphatic hydroxyl groups is 1. The van der Waals surface area contributed by atoms with Crippen molar-refractivity contribution in [1.82, 2.24) is 0 Å². The maximum absolute atomic E-state index is 13.4. The molecule has 1 atom stereocenters. The average Bonchev–Trinajstić information content (AvgIpc) is 2.74. The largest absolute Gasteiger partial charge is 0.469 e. The van der Waals surface area contributed by atoms with Crippen molar-refractivity contribution in [1.29, 1.82) is 0 Å². The van der Waals surface area contributed by atoms with Gasteiger partial charge in [0.05, 0.1) is 20.6 Å². The van der Waals surface area contributed by atoms with Crippen molar-refractivity contribution in [3.63, 3.8) is 0 Å². The number of hydrogen-bond acceptors (Lipinski definition) is 5. The minimum Gasteiger partial charge on any atom is -0.469 e. The smallest absolute Gasteiger partial charge is 0.339 e. The minimum atomic E-state index is -1.62. The number of benzene rings is 2. The molecule has 0 saturated heterocycles. The second kappa shape index (κ2) is 11.5. The molecule has 2 rings (SSSR count). The Morgan fingerprint density at radius 1 is 1.00 bits per heavy atom. The Morgan fingerprint density at radius 2 is 1.55 bits per heavy atom. The lowest BCUT2D eigenvalue weighted by atomic mass is 10.0. The fourth-order valence-corrected chi connectivity index (χ4v) is 2.42. The Labute approximate surface area is 167 Å². The molecule has 29 heavy (non-hydrogen) atoms. The van der Waals surface area contributed by atoms with Gasteiger partial charge < -0.3 is 14.6 Å². The predicted octanol–water partition coefficient (Wildman–Crippen LogP) is 3.86. The van der Waals surface area contributed by atoms with Gasteiger partial charge in [0.2, 0.25) is 0 Å². The van der Waals surface area contributed by atoms with Crippen molar-refractivity contribution < 1.29 is 33.0 Å². The molecule has 0 radical (unpaired) electrons. The van der Waals surface area contributed by atoms with E-state index in [-0.39, 0.29) is 12.0 Å². The van der Waals surface area contributed by atoms with Gasteiger partial charge >= 0.3 is 11.9 Å². The highest BCUT2D eigenvalue weighted by molar-refractivity contribution is 5.78. The van der Waals surface area contributed by atoms with Crippen LogP contribution in [0.1, 0.15) is 28.4 Å². The molecule has 0 heterocycles. The molecular formula is C22H22F2O5. The van der Waals surface area contributed by atoms with Gasteiger partial charge in [0, 0.05) is 11.1 Å². The van der Waals surface area contributed by atoms with E-state index in [9.17, 15) is 23.5 Å². The Hall–Kier alpha value is -3.32. The van der Waals surface area contributed by atoms with Crippen molar-refractivity contribution >= 4 is 24.1 Å². The number of esters is 2. The summed E-state index contributed by atoms with van der Waals surface area (Å²) in [6, 6.07) is 8.78. The van der Waals surface area contributed by atoms with Gasteiger partial charge in [-0.05, 0) is 23.3 Å². The summed E-state index contributed by atoms with van der Waals surface area (Å²) in [5, 5.41) is 9.52. The lowest BCUT2D eigenvalue weighted by Crippen LogP contribution is -2.16. The summed E-state index contributed by atoms with van der Waals surface area (Å²) in [6.45, 7) is 7.02. The topological polar surface area (TPSA) is 72.8 Å². The van der Waals surface area contributed by atoms with E-state index in [1.165, 1.54) is 31.4 Å². The van der Waals surface area contributed by atoms with Crippen molar-refractivity contribution in [3.8, 4) is 0 Å². The van der Waals surface area contributed by atoms with Gasteiger partial charge in [-0.2, -0.15) is 0 Å². The molecule has 0 saturated carbocycles. The second-order valence-electron chi connectivity index (χ2n) is 5.64. The molecule has 154 valence electrons. The van der Waals surface area contributed by atoms with E-state index in [2.05, 4.69) is 22.6 Å². The van der Waals surface area contributed by atoms with E-state index >= 15 is 0 Å². The number of rotatable bonds is 6. The third kappa shape index (κ3) is 6.36. The molecule has 1 unspecified atom stereocenters. The molecule has 0 amide bonds. The molecule has 0 aliphatic carbocycles. The quantitative estimate of drug-likeness (QED) is 0.741. The van der Waals surface area contributed by atoms with Gasteiger partial charge in [-0.25, -0.2) is 13.6 Å². The normalized spacial score (nSPS) is 10.8. The van der Waals surface area contributed by atoms with Crippen molar-refractivity contribution in [2.75, 3.05) is 14.2 Å². The summed E-state index contributed by atoms with van der Waals surface area (Å²) >= 11 is 0. The van der Waals surface area contributed by atoms with Crippen LogP contribution in [0.3, 0.4) is 0 Å². The van der Waals surface area contributed by atoms with Crippen LogP contribution < -0.4 is 0 Å². The lowest BCUT2D eigenvalue weighted by Gasteiger charge is -2.12. The molecule has 0 aliphatic heterocycles. The Bertz CT molecular complexity index is 893. The molecule has 0 aromatic heterocycles. The zero-order valence-corrected chi connectivity index (χ0v) is 16.2. The average molecular weight is 404 g/mol. The predicted molar refractivity (Wildman–Crippen MR) is 106 cm³/mol. The van der Waals surface area contributed by atoms with Crippen LogP contribution in [-0.2, 0) is 25.5 Å². The van der Waals surface area contributed by atoms with E-state index in [0.29, 0.717) is 16.7 Å². The third-order valence-electron chi connectivity index (χ3n) is 3.93. The zero-order valence-electron chi connectivity index (χ0n) is 16.2. The summed E-state index contributed by atoms with van der Waals surface area (Å²) < 4.78 is 35.4. The first-order chi connectivity index (χ1) is 13.8. The lowest BCUT2D eigenvalue weighted by molar-refractivity contribution is -0.150. The summed E-state index contributed by atoms with van der Waals surface area (Å²) in [5.41, 5.74) is 1.21.